The molecular formula is C13H20N2O. The van der Waals surface area contributed by atoms with Crippen LogP contribution >= 0.6 is 0 Å². The molecule has 0 spiro atoms. The number of nitrogens with one attached hydrogen (secondary N) is 1. The molecule has 0 radical (unpaired) electrons. The standard InChI is InChI=1S/C13H20N2O/c1-10-3-5-11(6-4-10)14-12-7-8-13(16)15(2)9-12/h7-11,14H,3-6H2,1-2H3. The first-order valence-corrected chi connectivity index (χ1v) is 6.08. The Bertz CT molecular complexity index is 403. The summed E-state index contributed by atoms with van der Waals surface area (Å²) in [4.78, 5) is 11.2. The summed E-state index contributed by atoms with van der Waals surface area (Å²) < 4.78 is 1.62. The van der Waals surface area contributed by atoms with Crippen LogP contribution in [0.1, 0.15) is 32.6 Å². The summed E-state index contributed by atoms with van der Waals surface area (Å²) in [5, 5.41) is 3.51. The summed E-state index contributed by atoms with van der Waals surface area (Å²) in [6, 6.07) is 4.07. The molecule has 0 atom stereocenters. The smallest absolute Gasteiger partial charge is 0.250 e. The van der Waals surface area contributed by atoms with E-state index in [1.54, 1.807) is 17.7 Å². The van der Waals surface area contributed by atoms with Gasteiger partial charge >= 0.3 is 0 Å². The lowest BCUT2D eigenvalue weighted by molar-refractivity contribution is 0.361. The van der Waals surface area contributed by atoms with Crippen molar-refractivity contribution in [1.82, 2.24) is 4.57 Å². The third kappa shape index (κ3) is 2.65. The molecule has 3 heteroatoms. The quantitative estimate of drug-likeness (QED) is 0.830. The third-order valence-corrected chi connectivity index (χ3v) is 3.47. The van der Waals surface area contributed by atoms with Gasteiger partial charge in [-0.25, -0.2) is 0 Å². The molecule has 0 aliphatic heterocycles. The Morgan fingerprint density at radius 1 is 1.25 bits per heavy atom. The molecule has 0 unspecified atom stereocenters. The third-order valence-electron chi connectivity index (χ3n) is 3.47. The van der Waals surface area contributed by atoms with Crippen LogP contribution < -0.4 is 10.9 Å². The maximum atomic E-state index is 11.2. The van der Waals surface area contributed by atoms with Crippen molar-refractivity contribution in [2.24, 2.45) is 13.0 Å². The van der Waals surface area contributed by atoms with E-state index in [-0.39, 0.29) is 5.56 Å². The van der Waals surface area contributed by atoms with Crippen molar-refractivity contribution < 1.29 is 0 Å². The number of nitrogens with zero attached hydrogens (tertiary/aromatic N) is 1. The normalized spacial score (nSPS) is 25.4. The highest BCUT2D eigenvalue weighted by atomic mass is 16.1. The maximum absolute atomic E-state index is 11.2. The van der Waals surface area contributed by atoms with Gasteiger partial charge in [0, 0.05) is 25.4 Å². The minimum absolute atomic E-state index is 0.0443. The fourth-order valence-electron chi connectivity index (χ4n) is 2.32. The van der Waals surface area contributed by atoms with Crippen molar-refractivity contribution in [3.8, 4) is 0 Å². The Morgan fingerprint density at radius 3 is 2.56 bits per heavy atom. The van der Waals surface area contributed by atoms with E-state index in [4.69, 9.17) is 0 Å². The average Bonchev–Trinajstić information content (AvgIpc) is 2.27. The summed E-state index contributed by atoms with van der Waals surface area (Å²) in [7, 11) is 1.79. The first-order valence-electron chi connectivity index (χ1n) is 6.08. The molecule has 1 fully saturated rings. The van der Waals surface area contributed by atoms with E-state index < -0.39 is 0 Å². The van der Waals surface area contributed by atoms with Gasteiger partial charge in [-0.15, -0.1) is 0 Å². The summed E-state index contributed by atoms with van der Waals surface area (Å²) in [5.41, 5.74) is 1.10. The number of rotatable bonds is 2. The first kappa shape index (κ1) is 11.2. The topological polar surface area (TPSA) is 34.0 Å². The SMILES string of the molecule is CC1CCC(Nc2ccc(=O)n(C)c2)CC1. The lowest BCUT2D eigenvalue weighted by Crippen LogP contribution is -2.26. The fraction of sp³-hybridized carbons (Fsp3) is 0.615. The predicted molar refractivity (Wildman–Crippen MR) is 66.7 cm³/mol. The van der Waals surface area contributed by atoms with E-state index in [9.17, 15) is 4.79 Å². The average molecular weight is 220 g/mol. The van der Waals surface area contributed by atoms with Gasteiger partial charge in [-0.3, -0.25) is 4.79 Å². The summed E-state index contributed by atoms with van der Waals surface area (Å²) in [5.74, 6) is 0.873. The van der Waals surface area contributed by atoms with E-state index in [1.807, 2.05) is 12.3 Å². The zero-order valence-corrected chi connectivity index (χ0v) is 10.1. The number of anilines is 1. The molecule has 1 N–H and O–H groups in total. The van der Waals surface area contributed by atoms with Crippen LogP contribution in [0.25, 0.3) is 0 Å². The van der Waals surface area contributed by atoms with Crippen molar-refractivity contribution in [2.45, 2.75) is 38.6 Å². The predicted octanol–water partition coefficient (Wildman–Crippen LogP) is 2.38. The van der Waals surface area contributed by atoms with Crippen molar-refractivity contribution in [3.05, 3.63) is 28.7 Å². The second-order valence-electron chi connectivity index (χ2n) is 4.97. The minimum Gasteiger partial charge on any atom is -0.381 e. The molecular weight excluding hydrogens is 200 g/mol. The molecule has 3 nitrogen and oxygen atoms in total. The molecule has 1 aromatic rings. The van der Waals surface area contributed by atoms with Gasteiger partial charge in [0.1, 0.15) is 0 Å². The molecule has 1 aliphatic carbocycles. The van der Waals surface area contributed by atoms with Crippen LogP contribution in [0.2, 0.25) is 0 Å². The van der Waals surface area contributed by atoms with Crippen LogP contribution in [-0.2, 0) is 7.05 Å². The van der Waals surface area contributed by atoms with Crippen LogP contribution in [0.5, 0.6) is 0 Å². The van der Waals surface area contributed by atoms with E-state index >= 15 is 0 Å². The minimum atomic E-state index is 0.0443. The molecule has 16 heavy (non-hydrogen) atoms. The lowest BCUT2D eigenvalue weighted by atomic mass is 9.87. The van der Waals surface area contributed by atoms with E-state index in [1.165, 1.54) is 25.7 Å². The van der Waals surface area contributed by atoms with Gasteiger partial charge in [0.2, 0.25) is 5.56 Å². The first-order chi connectivity index (χ1) is 7.65. The van der Waals surface area contributed by atoms with Crippen LogP contribution in [0.3, 0.4) is 0 Å². The Kier molecular flexibility index (Phi) is 3.32. The van der Waals surface area contributed by atoms with Crippen LogP contribution in [0, 0.1) is 5.92 Å². The second-order valence-corrected chi connectivity index (χ2v) is 4.97. The van der Waals surface area contributed by atoms with Gasteiger partial charge in [-0.2, -0.15) is 0 Å². The highest BCUT2D eigenvalue weighted by Gasteiger charge is 2.17. The van der Waals surface area contributed by atoms with Crippen molar-refractivity contribution in [1.29, 1.82) is 0 Å². The Balaban J connectivity index is 1.98. The summed E-state index contributed by atoms with van der Waals surface area (Å²) in [6.07, 6.45) is 6.97. The van der Waals surface area contributed by atoms with Gasteiger partial charge in [-0.1, -0.05) is 6.92 Å². The number of hydrogen-bond acceptors (Lipinski definition) is 2. The maximum Gasteiger partial charge on any atom is 0.250 e. The molecule has 0 amide bonds. The highest BCUT2D eigenvalue weighted by Crippen LogP contribution is 2.25. The van der Waals surface area contributed by atoms with Gasteiger partial charge in [0.15, 0.2) is 0 Å². The Labute approximate surface area is 96.5 Å². The molecule has 0 saturated heterocycles. The number of aromatic nitrogens is 1. The molecule has 1 aromatic heterocycles. The van der Waals surface area contributed by atoms with Crippen molar-refractivity contribution >= 4 is 5.69 Å². The monoisotopic (exact) mass is 220 g/mol. The summed E-state index contributed by atoms with van der Waals surface area (Å²) in [6.45, 7) is 2.32. The number of hydrogen-bond donors (Lipinski definition) is 1. The van der Waals surface area contributed by atoms with Crippen LogP contribution in [0.15, 0.2) is 23.1 Å². The van der Waals surface area contributed by atoms with Crippen LogP contribution in [0.4, 0.5) is 5.69 Å². The molecule has 1 saturated carbocycles. The van der Waals surface area contributed by atoms with E-state index in [0.29, 0.717) is 6.04 Å². The zero-order valence-electron chi connectivity index (χ0n) is 10.1. The molecule has 1 aliphatic rings. The molecule has 1 heterocycles. The summed E-state index contributed by atoms with van der Waals surface area (Å²) >= 11 is 0. The fourth-order valence-corrected chi connectivity index (χ4v) is 2.32. The van der Waals surface area contributed by atoms with E-state index in [2.05, 4.69) is 12.2 Å². The van der Waals surface area contributed by atoms with Gasteiger partial charge in [0.05, 0.1) is 5.69 Å². The number of pyridine rings is 1. The molecule has 0 bridgehead atoms. The Hall–Kier alpha value is -1.25. The largest absolute Gasteiger partial charge is 0.381 e. The number of aryl methyl sites for hydroxylation is 1. The highest BCUT2D eigenvalue weighted by molar-refractivity contribution is 5.41. The van der Waals surface area contributed by atoms with Gasteiger partial charge in [-0.05, 0) is 37.7 Å². The second kappa shape index (κ2) is 4.73. The molecule has 88 valence electrons. The Morgan fingerprint density at radius 2 is 1.94 bits per heavy atom. The van der Waals surface area contributed by atoms with Crippen molar-refractivity contribution in [2.75, 3.05) is 5.32 Å². The molecule has 0 aromatic carbocycles. The molecule has 2 rings (SSSR count). The van der Waals surface area contributed by atoms with E-state index in [0.717, 1.165) is 11.6 Å². The van der Waals surface area contributed by atoms with Crippen LogP contribution in [-0.4, -0.2) is 10.6 Å². The zero-order chi connectivity index (χ0) is 11.5. The van der Waals surface area contributed by atoms with Gasteiger partial charge < -0.3 is 9.88 Å². The van der Waals surface area contributed by atoms with Gasteiger partial charge in [0.25, 0.3) is 0 Å². The van der Waals surface area contributed by atoms with Crippen molar-refractivity contribution in [3.63, 3.8) is 0 Å². The lowest BCUT2D eigenvalue weighted by Gasteiger charge is -2.27.